The smallest absolute Gasteiger partial charge is 0.150 e. The molecule has 4 heterocycles. The van der Waals surface area contributed by atoms with Gasteiger partial charge in [-0.05, 0) is 71.8 Å². The summed E-state index contributed by atoms with van der Waals surface area (Å²) in [4.78, 5) is 9.21. The normalized spacial score (nSPS) is 12.5. The van der Waals surface area contributed by atoms with Gasteiger partial charge in [0.2, 0.25) is 0 Å². The Balaban J connectivity index is 1.30. The van der Waals surface area contributed by atoms with E-state index in [2.05, 4.69) is 52.0 Å². The van der Waals surface area contributed by atoms with E-state index < -0.39 is 6.17 Å². The highest BCUT2D eigenvalue weighted by atomic mass is 32.1. The van der Waals surface area contributed by atoms with Gasteiger partial charge < -0.3 is 0 Å². The van der Waals surface area contributed by atoms with E-state index in [1.807, 2.05) is 90.3 Å². The predicted molar refractivity (Wildman–Crippen MR) is 164 cm³/mol. The number of hydrogen-bond donors (Lipinski definition) is 0. The molecule has 0 saturated heterocycles. The Hall–Kier alpha value is -4.87. The fraction of sp³-hybridized carbons (Fsp3) is 0.0286. The van der Waals surface area contributed by atoms with Crippen molar-refractivity contribution in [2.75, 3.05) is 0 Å². The van der Waals surface area contributed by atoms with Crippen LogP contribution in [-0.2, 0) is 0 Å². The highest BCUT2D eigenvalue weighted by Gasteiger charge is 2.19. The first-order chi connectivity index (χ1) is 19.7. The molecule has 4 aromatic carbocycles. The molecule has 1 unspecified atom stereocenters. The highest BCUT2D eigenvalue weighted by molar-refractivity contribution is 7.25. The Bertz CT molecular complexity index is 2200. The van der Waals surface area contributed by atoms with Crippen LogP contribution in [0.5, 0.6) is 0 Å². The molecule has 5 heteroatoms. The lowest BCUT2D eigenvalue weighted by atomic mass is 9.99. The molecular formula is C35H22FN3S. The Morgan fingerprint density at radius 3 is 2.30 bits per heavy atom. The molecule has 0 saturated carbocycles. The van der Waals surface area contributed by atoms with E-state index >= 15 is 4.39 Å². The number of pyridine rings is 2. The van der Waals surface area contributed by atoms with Crippen LogP contribution in [-0.4, -0.2) is 14.5 Å². The number of rotatable bonds is 4. The van der Waals surface area contributed by atoms with E-state index in [9.17, 15) is 0 Å². The van der Waals surface area contributed by atoms with Crippen LogP contribution < -0.4 is 0 Å². The lowest BCUT2D eigenvalue weighted by Crippen LogP contribution is -2.00. The molecule has 0 radical (unpaired) electrons. The van der Waals surface area contributed by atoms with E-state index in [1.165, 1.54) is 20.2 Å². The van der Waals surface area contributed by atoms with Gasteiger partial charge in [-0.2, -0.15) is 0 Å². The molecule has 8 rings (SSSR count). The average molecular weight is 536 g/mol. The minimum absolute atomic E-state index is 0.601. The molecule has 0 aliphatic rings. The van der Waals surface area contributed by atoms with Gasteiger partial charge in [0.15, 0.2) is 6.17 Å². The van der Waals surface area contributed by atoms with Gasteiger partial charge >= 0.3 is 0 Å². The van der Waals surface area contributed by atoms with Gasteiger partial charge in [0.05, 0.1) is 11.2 Å². The molecule has 0 aliphatic carbocycles. The summed E-state index contributed by atoms with van der Waals surface area (Å²) in [6.07, 6.45) is 2.29. The fourth-order valence-electron chi connectivity index (χ4n) is 5.72. The van der Waals surface area contributed by atoms with Gasteiger partial charge in [-0.25, -0.2) is 9.37 Å². The Morgan fingerprint density at radius 2 is 1.40 bits per heavy atom. The van der Waals surface area contributed by atoms with Gasteiger partial charge in [-0.1, -0.05) is 54.6 Å². The summed E-state index contributed by atoms with van der Waals surface area (Å²) in [7, 11) is 0. The third-order valence-corrected chi connectivity index (χ3v) is 8.72. The average Bonchev–Trinajstić information content (AvgIpc) is 3.55. The second-order valence-electron chi connectivity index (χ2n) is 9.97. The van der Waals surface area contributed by atoms with Crippen LogP contribution in [0.3, 0.4) is 0 Å². The van der Waals surface area contributed by atoms with E-state index in [0.29, 0.717) is 11.1 Å². The number of nitrogens with zero attached hydrogens (tertiary/aromatic N) is 3. The maximum atomic E-state index is 16.1. The minimum Gasteiger partial charge on any atom is -0.294 e. The molecule has 0 aliphatic heterocycles. The lowest BCUT2D eigenvalue weighted by Gasteiger charge is -2.14. The molecule has 0 spiro atoms. The zero-order chi connectivity index (χ0) is 26.6. The van der Waals surface area contributed by atoms with Crippen molar-refractivity contribution in [3.8, 4) is 16.9 Å². The fourth-order valence-corrected chi connectivity index (χ4v) is 6.85. The van der Waals surface area contributed by atoms with Gasteiger partial charge in [0, 0.05) is 54.6 Å². The summed E-state index contributed by atoms with van der Waals surface area (Å²) in [5, 5.41) is 4.71. The number of halogens is 1. The van der Waals surface area contributed by atoms with Crippen molar-refractivity contribution < 1.29 is 4.39 Å². The SMILES string of the molecule is FC(c1cccc(-c2ccccn2)c1)c1cccc(-n2c3cc4c(cc3c3cccnc32)sc2ccccc24)c1. The standard InChI is InChI=1S/C35H22FN3S/c36-34(23-9-5-8-22(18-23)30-14-3-4-16-37-30)24-10-6-11-25(19-24)39-31-20-29-26-12-1-2-15-32(26)40-33(29)21-28(31)27-13-7-17-38-35(27)39/h1-21,34H. The molecule has 190 valence electrons. The van der Waals surface area contributed by atoms with E-state index in [1.54, 1.807) is 6.20 Å². The minimum atomic E-state index is -1.28. The van der Waals surface area contributed by atoms with E-state index in [-0.39, 0.29) is 0 Å². The molecule has 0 amide bonds. The summed E-state index contributed by atoms with van der Waals surface area (Å²) in [5.41, 5.74) is 5.75. The van der Waals surface area contributed by atoms with Gasteiger partial charge in [-0.15, -0.1) is 11.3 Å². The van der Waals surface area contributed by atoms with Gasteiger partial charge in [0.25, 0.3) is 0 Å². The third kappa shape index (κ3) is 3.63. The molecule has 40 heavy (non-hydrogen) atoms. The monoisotopic (exact) mass is 535 g/mol. The zero-order valence-corrected chi connectivity index (χ0v) is 22.1. The molecule has 0 fully saturated rings. The van der Waals surface area contributed by atoms with Crippen molar-refractivity contribution >= 4 is 53.4 Å². The van der Waals surface area contributed by atoms with Crippen LogP contribution >= 0.6 is 11.3 Å². The number of benzene rings is 4. The first-order valence-electron chi connectivity index (χ1n) is 13.2. The molecule has 1 atom stereocenters. The molecule has 3 nitrogen and oxygen atoms in total. The van der Waals surface area contributed by atoms with Crippen LogP contribution in [0, 0.1) is 0 Å². The van der Waals surface area contributed by atoms with Crippen molar-refractivity contribution in [1.82, 2.24) is 14.5 Å². The second kappa shape index (κ2) is 9.11. The molecule has 8 aromatic rings. The molecular weight excluding hydrogens is 513 g/mol. The number of fused-ring (bicyclic) bond motifs is 6. The maximum absolute atomic E-state index is 16.1. The Morgan fingerprint density at radius 1 is 0.600 bits per heavy atom. The number of aromatic nitrogens is 3. The summed E-state index contributed by atoms with van der Waals surface area (Å²) in [5.74, 6) is 0. The first-order valence-corrected chi connectivity index (χ1v) is 14.0. The second-order valence-corrected chi connectivity index (χ2v) is 11.1. The van der Waals surface area contributed by atoms with Gasteiger partial charge in [-0.3, -0.25) is 9.55 Å². The summed E-state index contributed by atoms with van der Waals surface area (Å²) < 4.78 is 20.8. The zero-order valence-electron chi connectivity index (χ0n) is 21.3. The number of thiophene rings is 1. The van der Waals surface area contributed by atoms with Crippen molar-refractivity contribution in [3.63, 3.8) is 0 Å². The van der Waals surface area contributed by atoms with E-state index in [0.717, 1.165) is 38.9 Å². The van der Waals surface area contributed by atoms with Crippen LogP contribution in [0.1, 0.15) is 17.3 Å². The third-order valence-electron chi connectivity index (χ3n) is 7.59. The van der Waals surface area contributed by atoms with Crippen molar-refractivity contribution in [1.29, 1.82) is 0 Å². The van der Waals surface area contributed by atoms with Crippen LogP contribution in [0.2, 0.25) is 0 Å². The van der Waals surface area contributed by atoms with Crippen LogP contribution in [0.15, 0.2) is 128 Å². The van der Waals surface area contributed by atoms with Crippen molar-refractivity contribution in [3.05, 3.63) is 139 Å². The summed E-state index contributed by atoms with van der Waals surface area (Å²) in [6, 6.07) is 38.3. The Labute approximate surface area is 233 Å². The maximum Gasteiger partial charge on any atom is 0.150 e. The van der Waals surface area contributed by atoms with Gasteiger partial charge in [0.1, 0.15) is 5.65 Å². The quantitative estimate of drug-likeness (QED) is 0.225. The van der Waals surface area contributed by atoms with Crippen LogP contribution in [0.25, 0.3) is 59.1 Å². The topological polar surface area (TPSA) is 30.7 Å². The highest BCUT2D eigenvalue weighted by Crippen LogP contribution is 2.40. The summed E-state index contributed by atoms with van der Waals surface area (Å²) >= 11 is 1.81. The molecule has 0 N–H and O–H groups in total. The lowest BCUT2D eigenvalue weighted by molar-refractivity contribution is 0.402. The van der Waals surface area contributed by atoms with Crippen molar-refractivity contribution in [2.24, 2.45) is 0 Å². The summed E-state index contributed by atoms with van der Waals surface area (Å²) in [6.45, 7) is 0. The van der Waals surface area contributed by atoms with Crippen LogP contribution in [0.4, 0.5) is 4.39 Å². The number of alkyl halides is 1. The first kappa shape index (κ1) is 23.1. The Kier molecular flexibility index (Phi) is 5.25. The largest absolute Gasteiger partial charge is 0.294 e. The molecule has 4 aromatic heterocycles. The number of hydrogen-bond acceptors (Lipinski definition) is 3. The van der Waals surface area contributed by atoms with Crippen molar-refractivity contribution in [2.45, 2.75) is 6.17 Å². The molecule has 0 bridgehead atoms. The predicted octanol–water partition coefficient (Wildman–Crippen LogP) is 9.67. The van der Waals surface area contributed by atoms with E-state index in [4.69, 9.17) is 4.98 Å².